The number of aromatic hydroxyl groups is 1. The molecule has 0 aliphatic carbocycles. The normalized spacial score (nSPS) is 12.2. The lowest BCUT2D eigenvalue weighted by Crippen LogP contribution is -2.29. The van der Waals surface area contributed by atoms with Crippen molar-refractivity contribution in [2.45, 2.75) is 32.8 Å². The van der Waals surface area contributed by atoms with Crippen molar-refractivity contribution in [1.29, 1.82) is 0 Å². The largest absolute Gasteiger partial charge is 0.506 e. The van der Waals surface area contributed by atoms with E-state index < -0.39 is 17.6 Å². The summed E-state index contributed by atoms with van der Waals surface area (Å²) in [6.07, 6.45) is 2.81. The summed E-state index contributed by atoms with van der Waals surface area (Å²) in [4.78, 5) is 25.2. The Balaban J connectivity index is 1.75. The molecule has 7 nitrogen and oxygen atoms in total. The molecule has 0 aliphatic heterocycles. The van der Waals surface area contributed by atoms with E-state index in [0.29, 0.717) is 44.4 Å². The number of phenols is 1. The zero-order chi connectivity index (χ0) is 27.9. The van der Waals surface area contributed by atoms with Crippen molar-refractivity contribution >= 4 is 76.9 Å². The monoisotopic (exact) mass is 707 g/mol. The lowest BCUT2D eigenvalue weighted by Gasteiger charge is -2.34. The molecule has 5 N–H and O–H groups in total. The van der Waals surface area contributed by atoms with Crippen LogP contribution in [0.5, 0.6) is 5.75 Å². The van der Waals surface area contributed by atoms with E-state index in [1.54, 1.807) is 54.6 Å². The molecule has 0 fully saturated rings. The Hall–Kier alpha value is -2.82. The maximum atomic E-state index is 12.9. The molecule has 3 rings (SSSR count). The van der Waals surface area contributed by atoms with Crippen LogP contribution >= 0.6 is 47.8 Å². The van der Waals surface area contributed by atoms with E-state index in [0.717, 1.165) is 4.47 Å². The topological polar surface area (TPSA) is 114 Å². The standard InChI is InChI=1S/C28H28Br3N3O4/c1-28(2,14-6-5-9-24(35)34-23-8-4-3-7-22(23)32)26(20-15-18(30)16-21(31)25(20)36)38-27(37)33-19-12-10-17(29)11-13-19/h3-5,7-13,15-16,26,36H,6,14,32H2,1-2H3,(H,33,37)(H,34,35)/b9-5+/t26-/m1/s1. The lowest BCUT2D eigenvalue weighted by atomic mass is 9.78. The first-order valence-electron chi connectivity index (χ1n) is 11.7. The molecule has 0 saturated heterocycles. The van der Waals surface area contributed by atoms with Gasteiger partial charge in [0.15, 0.2) is 0 Å². The van der Waals surface area contributed by atoms with Crippen LogP contribution in [0.15, 0.2) is 86.2 Å². The number of carbonyl (C=O) groups excluding carboxylic acids is 2. The maximum Gasteiger partial charge on any atom is 0.412 e. The van der Waals surface area contributed by atoms with Crippen LogP contribution in [0.3, 0.4) is 0 Å². The van der Waals surface area contributed by atoms with E-state index in [9.17, 15) is 14.7 Å². The van der Waals surface area contributed by atoms with Crippen molar-refractivity contribution in [2.24, 2.45) is 5.41 Å². The van der Waals surface area contributed by atoms with Crippen LogP contribution in [0.25, 0.3) is 0 Å². The summed E-state index contributed by atoms with van der Waals surface area (Å²) >= 11 is 10.2. The van der Waals surface area contributed by atoms with Gasteiger partial charge in [-0.25, -0.2) is 4.79 Å². The van der Waals surface area contributed by atoms with Crippen LogP contribution < -0.4 is 16.4 Å². The summed E-state index contributed by atoms with van der Waals surface area (Å²) in [5.41, 5.74) is 7.30. The number of carbonyl (C=O) groups is 2. The zero-order valence-electron chi connectivity index (χ0n) is 20.8. The molecule has 3 aromatic rings. The van der Waals surface area contributed by atoms with E-state index in [1.807, 2.05) is 26.0 Å². The Morgan fingerprint density at radius 3 is 2.39 bits per heavy atom. The number of allylic oxidation sites excluding steroid dienone is 1. The van der Waals surface area contributed by atoms with Gasteiger partial charge in [-0.3, -0.25) is 10.1 Å². The van der Waals surface area contributed by atoms with E-state index in [-0.39, 0.29) is 11.7 Å². The van der Waals surface area contributed by atoms with Gasteiger partial charge < -0.3 is 20.9 Å². The van der Waals surface area contributed by atoms with Crippen LogP contribution in [-0.2, 0) is 9.53 Å². The number of anilines is 3. The molecule has 10 heteroatoms. The minimum Gasteiger partial charge on any atom is -0.506 e. The van der Waals surface area contributed by atoms with Gasteiger partial charge in [0, 0.05) is 25.6 Å². The molecule has 0 aliphatic rings. The molecule has 200 valence electrons. The fourth-order valence-electron chi connectivity index (χ4n) is 3.78. The Kier molecular flexibility index (Phi) is 10.4. The molecule has 0 aromatic heterocycles. The third kappa shape index (κ3) is 8.34. The van der Waals surface area contributed by atoms with Crippen molar-refractivity contribution in [2.75, 3.05) is 16.4 Å². The summed E-state index contributed by atoms with van der Waals surface area (Å²) in [5.74, 6) is -0.311. The molecule has 38 heavy (non-hydrogen) atoms. The zero-order valence-corrected chi connectivity index (χ0v) is 25.6. The summed E-state index contributed by atoms with van der Waals surface area (Å²) in [6, 6.07) is 17.6. The number of nitrogens with two attached hydrogens (primary N) is 1. The lowest BCUT2D eigenvalue weighted by molar-refractivity contribution is -0.111. The van der Waals surface area contributed by atoms with Crippen LogP contribution in [0.1, 0.15) is 38.4 Å². The Morgan fingerprint density at radius 1 is 1.03 bits per heavy atom. The maximum absolute atomic E-state index is 12.9. The second kappa shape index (κ2) is 13.3. The molecule has 0 bridgehead atoms. The predicted molar refractivity (Wildman–Crippen MR) is 162 cm³/mol. The number of hydrogen-bond acceptors (Lipinski definition) is 5. The second-order valence-corrected chi connectivity index (χ2v) is 11.9. The number of ether oxygens (including phenoxy) is 1. The van der Waals surface area contributed by atoms with E-state index in [1.165, 1.54) is 6.08 Å². The molecule has 1 atom stereocenters. The molecule has 0 heterocycles. The summed E-state index contributed by atoms with van der Waals surface area (Å²) in [6.45, 7) is 3.88. The van der Waals surface area contributed by atoms with E-state index in [2.05, 4.69) is 58.4 Å². The van der Waals surface area contributed by atoms with E-state index >= 15 is 0 Å². The Labute approximate surface area is 247 Å². The van der Waals surface area contributed by atoms with Crippen LogP contribution in [0.4, 0.5) is 21.9 Å². The predicted octanol–water partition coefficient (Wildman–Crippen LogP) is 8.55. The minimum atomic E-state index is -0.807. The molecule has 0 spiro atoms. The number of nitrogens with one attached hydrogen (secondary N) is 2. The first kappa shape index (κ1) is 29.7. The highest BCUT2D eigenvalue weighted by molar-refractivity contribution is 9.11. The fourth-order valence-corrected chi connectivity index (χ4v) is 5.30. The quantitative estimate of drug-likeness (QED) is 0.131. The van der Waals surface area contributed by atoms with Gasteiger partial charge in [0.1, 0.15) is 11.9 Å². The fraction of sp³-hybridized carbons (Fsp3) is 0.214. The molecular weight excluding hydrogens is 682 g/mol. The van der Waals surface area contributed by atoms with E-state index in [4.69, 9.17) is 10.5 Å². The first-order chi connectivity index (χ1) is 18.0. The van der Waals surface area contributed by atoms with Gasteiger partial charge in [0.2, 0.25) is 5.91 Å². The van der Waals surface area contributed by atoms with Gasteiger partial charge >= 0.3 is 6.09 Å². The minimum absolute atomic E-state index is 0.0157. The molecule has 2 amide bonds. The Bertz CT molecular complexity index is 1330. The molecule has 0 unspecified atom stereocenters. The molecular formula is C28H28Br3N3O4. The summed E-state index contributed by atoms with van der Waals surface area (Å²) < 4.78 is 7.98. The average molecular weight is 710 g/mol. The van der Waals surface area contributed by atoms with Gasteiger partial charge in [0.25, 0.3) is 0 Å². The third-order valence-corrected chi connectivity index (χ3v) is 7.40. The molecule has 0 radical (unpaired) electrons. The van der Waals surface area contributed by atoms with Crippen LogP contribution in [0.2, 0.25) is 0 Å². The van der Waals surface area contributed by atoms with Gasteiger partial charge in [-0.05, 0) is 83.4 Å². The van der Waals surface area contributed by atoms with Crippen molar-refractivity contribution in [3.63, 3.8) is 0 Å². The number of amides is 2. The highest BCUT2D eigenvalue weighted by Gasteiger charge is 2.36. The third-order valence-electron chi connectivity index (χ3n) is 5.81. The van der Waals surface area contributed by atoms with Gasteiger partial charge in [-0.15, -0.1) is 0 Å². The molecule has 0 saturated carbocycles. The van der Waals surface area contributed by atoms with Gasteiger partial charge in [-0.2, -0.15) is 0 Å². The summed E-state index contributed by atoms with van der Waals surface area (Å²) in [5, 5.41) is 16.3. The smallest absolute Gasteiger partial charge is 0.412 e. The number of para-hydroxylation sites is 2. The number of benzene rings is 3. The number of hydrogen-bond donors (Lipinski definition) is 4. The average Bonchev–Trinajstić information content (AvgIpc) is 2.85. The highest BCUT2D eigenvalue weighted by atomic mass is 79.9. The Morgan fingerprint density at radius 2 is 1.71 bits per heavy atom. The highest BCUT2D eigenvalue weighted by Crippen LogP contribution is 2.46. The number of rotatable bonds is 9. The van der Waals surface area contributed by atoms with Crippen molar-refractivity contribution in [3.8, 4) is 5.75 Å². The van der Waals surface area contributed by atoms with Gasteiger partial charge in [-0.1, -0.05) is 63.9 Å². The summed E-state index contributed by atoms with van der Waals surface area (Å²) in [7, 11) is 0. The number of phenolic OH excluding ortho intramolecular Hbond substituents is 1. The van der Waals surface area contributed by atoms with Crippen molar-refractivity contribution in [1.82, 2.24) is 0 Å². The first-order valence-corrected chi connectivity index (χ1v) is 14.1. The van der Waals surface area contributed by atoms with Crippen LogP contribution in [0, 0.1) is 5.41 Å². The number of nitrogen functional groups attached to an aromatic ring is 1. The number of halogens is 3. The van der Waals surface area contributed by atoms with Crippen LogP contribution in [-0.4, -0.2) is 17.1 Å². The van der Waals surface area contributed by atoms with Crippen molar-refractivity contribution in [3.05, 3.63) is 91.8 Å². The SMILES string of the molecule is CC(C)(CC/C=C/C(=O)Nc1ccccc1N)[C@H](OC(=O)Nc1ccc(Br)cc1)c1cc(Br)cc(Br)c1O. The van der Waals surface area contributed by atoms with Crippen molar-refractivity contribution < 1.29 is 19.4 Å². The van der Waals surface area contributed by atoms with Gasteiger partial charge in [0.05, 0.1) is 15.8 Å². The molecule has 3 aromatic carbocycles. The second-order valence-electron chi connectivity index (χ2n) is 9.25.